The molecule has 0 aliphatic heterocycles. The second-order valence-corrected chi connectivity index (χ2v) is 3.66. The monoisotopic (exact) mass is 239 g/mol. The zero-order valence-electron chi connectivity index (χ0n) is 8.00. The van der Waals surface area contributed by atoms with Crippen LogP contribution in [-0.4, -0.2) is 19.4 Å². The molecule has 0 N–H and O–H groups in total. The lowest BCUT2D eigenvalue weighted by atomic mass is 10.1. The van der Waals surface area contributed by atoms with E-state index in [1.807, 2.05) is 0 Å². The van der Waals surface area contributed by atoms with E-state index in [9.17, 15) is 0 Å². The molecule has 13 heavy (non-hydrogen) atoms. The number of para-hydroxylation sites is 1. The molecule has 0 amide bonds. The molecule has 0 saturated heterocycles. The van der Waals surface area contributed by atoms with E-state index in [1.165, 1.54) is 11.3 Å². The van der Waals surface area contributed by atoms with Crippen LogP contribution < -0.4 is 4.90 Å². The molecule has 0 atom stereocenters. The molecule has 0 fully saturated rings. The van der Waals surface area contributed by atoms with Crippen LogP contribution in [0.2, 0.25) is 0 Å². The zero-order chi connectivity index (χ0) is 9.68. The molecular formula is C11H14BrN. The first-order chi connectivity index (χ1) is 6.25. The van der Waals surface area contributed by atoms with E-state index in [4.69, 9.17) is 0 Å². The van der Waals surface area contributed by atoms with Crippen LogP contribution >= 0.6 is 15.9 Å². The number of anilines is 1. The van der Waals surface area contributed by atoms with Gasteiger partial charge in [0.25, 0.3) is 0 Å². The van der Waals surface area contributed by atoms with Gasteiger partial charge in [-0.05, 0) is 11.6 Å². The van der Waals surface area contributed by atoms with Crippen molar-refractivity contribution in [3.8, 4) is 0 Å². The topological polar surface area (TPSA) is 3.24 Å². The molecule has 0 radical (unpaired) electrons. The van der Waals surface area contributed by atoms with Gasteiger partial charge >= 0.3 is 0 Å². The molecule has 70 valence electrons. The van der Waals surface area contributed by atoms with Gasteiger partial charge in [-0.1, -0.05) is 46.3 Å². The maximum atomic E-state index is 3.37. The summed E-state index contributed by atoms with van der Waals surface area (Å²) < 4.78 is 0. The standard InChI is InChI=1S/C11H14BrN/c1-13(2)11-8-4-3-6-10(11)7-5-9-12/h3-8H,9H2,1-2H3/b7-5+. The van der Waals surface area contributed by atoms with Gasteiger partial charge in [0, 0.05) is 25.1 Å². The summed E-state index contributed by atoms with van der Waals surface area (Å²) in [5.41, 5.74) is 2.51. The summed E-state index contributed by atoms with van der Waals surface area (Å²) >= 11 is 3.37. The lowest BCUT2D eigenvalue weighted by Crippen LogP contribution is -2.09. The molecule has 2 heteroatoms. The van der Waals surface area contributed by atoms with Gasteiger partial charge in [-0.15, -0.1) is 0 Å². The van der Waals surface area contributed by atoms with Crippen molar-refractivity contribution < 1.29 is 0 Å². The smallest absolute Gasteiger partial charge is 0.0434 e. The molecule has 0 bridgehead atoms. The van der Waals surface area contributed by atoms with Crippen LogP contribution in [-0.2, 0) is 0 Å². The Morgan fingerprint density at radius 1 is 1.31 bits per heavy atom. The molecule has 0 saturated carbocycles. The average molecular weight is 240 g/mol. The number of allylic oxidation sites excluding steroid dienone is 1. The SMILES string of the molecule is CN(C)c1ccccc1/C=C/CBr. The Balaban J connectivity index is 2.97. The van der Waals surface area contributed by atoms with Crippen LogP contribution in [0.15, 0.2) is 30.3 Å². The van der Waals surface area contributed by atoms with Gasteiger partial charge in [-0.2, -0.15) is 0 Å². The second-order valence-electron chi connectivity index (χ2n) is 3.01. The van der Waals surface area contributed by atoms with E-state index < -0.39 is 0 Å². The summed E-state index contributed by atoms with van der Waals surface area (Å²) in [4.78, 5) is 2.12. The molecule has 0 spiro atoms. The minimum absolute atomic E-state index is 0.898. The summed E-state index contributed by atoms with van der Waals surface area (Å²) in [6.07, 6.45) is 4.23. The van der Waals surface area contributed by atoms with Crippen LogP contribution in [0.25, 0.3) is 6.08 Å². The fourth-order valence-corrected chi connectivity index (χ4v) is 1.39. The first kappa shape index (κ1) is 10.3. The number of hydrogen-bond donors (Lipinski definition) is 0. The first-order valence-electron chi connectivity index (χ1n) is 4.24. The second kappa shape index (κ2) is 5.07. The van der Waals surface area contributed by atoms with Crippen molar-refractivity contribution in [1.29, 1.82) is 0 Å². The molecule has 0 aliphatic carbocycles. The van der Waals surface area contributed by atoms with Gasteiger partial charge in [-0.25, -0.2) is 0 Å². The highest BCUT2D eigenvalue weighted by atomic mass is 79.9. The fourth-order valence-electron chi connectivity index (χ4n) is 1.21. The van der Waals surface area contributed by atoms with Gasteiger partial charge in [-0.3, -0.25) is 0 Å². The van der Waals surface area contributed by atoms with Crippen molar-refractivity contribution in [2.45, 2.75) is 0 Å². The van der Waals surface area contributed by atoms with Crippen molar-refractivity contribution >= 4 is 27.7 Å². The molecule has 0 aliphatic rings. The van der Waals surface area contributed by atoms with E-state index >= 15 is 0 Å². The molecule has 0 aromatic heterocycles. The highest BCUT2D eigenvalue weighted by molar-refractivity contribution is 9.09. The Morgan fingerprint density at radius 3 is 2.62 bits per heavy atom. The molecule has 1 aromatic rings. The summed E-state index contributed by atoms with van der Waals surface area (Å²) in [6, 6.07) is 8.35. The highest BCUT2D eigenvalue weighted by Crippen LogP contribution is 2.19. The molecular weight excluding hydrogens is 226 g/mol. The number of nitrogens with zero attached hydrogens (tertiary/aromatic N) is 1. The Morgan fingerprint density at radius 2 is 2.00 bits per heavy atom. The van der Waals surface area contributed by atoms with Crippen molar-refractivity contribution in [3.63, 3.8) is 0 Å². The molecule has 1 rings (SSSR count). The third-order valence-electron chi connectivity index (χ3n) is 1.81. The van der Waals surface area contributed by atoms with Crippen molar-refractivity contribution in [2.24, 2.45) is 0 Å². The van der Waals surface area contributed by atoms with Gasteiger partial charge in [0.05, 0.1) is 0 Å². The van der Waals surface area contributed by atoms with Crippen LogP contribution in [0.4, 0.5) is 5.69 Å². The Kier molecular flexibility index (Phi) is 4.03. The Bertz CT molecular complexity index is 292. The minimum Gasteiger partial charge on any atom is -0.377 e. The quantitative estimate of drug-likeness (QED) is 0.733. The van der Waals surface area contributed by atoms with Crippen molar-refractivity contribution in [1.82, 2.24) is 0 Å². The summed E-state index contributed by atoms with van der Waals surface area (Å²) in [5.74, 6) is 0. The molecule has 0 heterocycles. The van der Waals surface area contributed by atoms with Gasteiger partial charge in [0.15, 0.2) is 0 Å². The van der Waals surface area contributed by atoms with Crippen LogP contribution in [0.5, 0.6) is 0 Å². The van der Waals surface area contributed by atoms with Gasteiger partial charge < -0.3 is 4.90 Å². The van der Waals surface area contributed by atoms with Crippen LogP contribution in [0.1, 0.15) is 5.56 Å². The third kappa shape index (κ3) is 2.88. The van der Waals surface area contributed by atoms with Crippen LogP contribution in [0.3, 0.4) is 0 Å². The maximum absolute atomic E-state index is 3.37. The van der Waals surface area contributed by atoms with E-state index in [0.717, 1.165) is 5.33 Å². The fraction of sp³-hybridized carbons (Fsp3) is 0.273. The number of alkyl halides is 1. The molecule has 0 unspecified atom stereocenters. The van der Waals surface area contributed by atoms with Crippen LogP contribution in [0, 0.1) is 0 Å². The minimum atomic E-state index is 0.898. The third-order valence-corrected chi connectivity index (χ3v) is 2.18. The normalized spacial score (nSPS) is 10.7. The highest BCUT2D eigenvalue weighted by Gasteiger charge is 1.98. The van der Waals surface area contributed by atoms with E-state index in [2.05, 4.69) is 71.3 Å². The van der Waals surface area contributed by atoms with E-state index in [0.29, 0.717) is 0 Å². The number of halogens is 1. The molecule has 1 aromatic carbocycles. The largest absolute Gasteiger partial charge is 0.377 e. The van der Waals surface area contributed by atoms with Gasteiger partial charge in [0.2, 0.25) is 0 Å². The number of benzene rings is 1. The average Bonchev–Trinajstić information content (AvgIpc) is 2.15. The number of hydrogen-bond acceptors (Lipinski definition) is 1. The zero-order valence-corrected chi connectivity index (χ0v) is 9.58. The van der Waals surface area contributed by atoms with Gasteiger partial charge in [0.1, 0.15) is 0 Å². The lowest BCUT2D eigenvalue weighted by Gasteiger charge is -2.15. The maximum Gasteiger partial charge on any atom is 0.0434 e. The Hall–Kier alpha value is -0.760. The molecule has 1 nitrogen and oxygen atoms in total. The van der Waals surface area contributed by atoms with Crippen molar-refractivity contribution in [3.05, 3.63) is 35.9 Å². The van der Waals surface area contributed by atoms with Crippen molar-refractivity contribution in [2.75, 3.05) is 24.3 Å². The lowest BCUT2D eigenvalue weighted by molar-refractivity contribution is 1.13. The Labute approximate surface area is 88.2 Å². The van der Waals surface area contributed by atoms with E-state index in [-0.39, 0.29) is 0 Å². The first-order valence-corrected chi connectivity index (χ1v) is 5.36. The summed E-state index contributed by atoms with van der Waals surface area (Å²) in [6.45, 7) is 0. The van der Waals surface area contributed by atoms with E-state index in [1.54, 1.807) is 0 Å². The predicted octanol–water partition coefficient (Wildman–Crippen LogP) is 3.16. The predicted molar refractivity (Wildman–Crippen MR) is 63.6 cm³/mol. The summed E-state index contributed by atoms with van der Waals surface area (Å²) in [7, 11) is 4.11. The summed E-state index contributed by atoms with van der Waals surface area (Å²) in [5, 5.41) is 0.898. The number of rotatable bonds is 3.